The fourth-order valence-electron chi connectivity index (χ4n) is 1.30. The molecule has 0 N–H and O–H groups in total. The van der Waals surface area contributed by atoms with E-state index in [1.807, 2.05) is 19.9 Å². The van der Waals surface area contributed by atoms with Crippen LogP contribution in [0.2, 0.25) is 0 Å². The van der Waals surface area contributed by atoms with Gasteiger partial charge in [-0.2, -0.15) is 5.10 Å². The third kappa shape index (κ3) is 2.28. The van der Waals surface area contributed by atoms with E-state index < -0.39 is 0 Å². The third-order valence-corrected chi connectivity index (χ3v) is 2.21. The zero-order valence-corrected chi connectivity index (χ0v) is 8.82. The predicted molar refractivity (Wildman–Crippen MR) is 53.8 cm³/mol. The van der Waals surface area contributed by atoms with Crippen molar-refractivity contribution in [1.29, 1.82) is 0 Å². The van der Waals surface area contributed by atoms with Crippen LogP contribution in [0, 0.1) is 0 Å². The fraction of sp³-hybridized carbons (Fsp3) is 0.500. The molecule has 0 atom stereocenters. The molecular formula is C10H15N3O. The van der Waals surface area contributed by atoms with Crippen molar-refractivity contribution in [1.82, 2.24) is 14.8 Å². The van der Waals surface area contributed by atoms with Crippen LogP contribution in [-0.2, 0) is 18.3 Å². The van der Waals surface area contributed by atoms with Crippen LogP contribution in [0.25, 0.3) is 0 Å². The van der Waals surface area contributed by atoms with Gasteiger partial charge in [0.15, 0.2) is 5.78 Å². The highest BCUT2D eigenvalue weighted by atomic mass is 16.1. The van der Waals surface area contributed by atoms with E-state index in [1.165, 1.54) is 6.33 Å². The van der Waals surface area contributed by atoms with E-state index in [0.717, 1.165) is 12.0 Å². The van der Waals surface area contributed by atoms with Crippen LogP contribution in [0.4, 0.5) is 0 Å². The lowest BCUT2D eigenvalue weighted by molar-refractivity contribution is -0.115. The number of hydrogen-bond donors (Lipinski definition) is 0. The average Bonchev–Trinajstić information content (AvgIpc) is 2.54. The molecule has 1 aromatic rings. The minimum absolute atomic E-state index is 0.131. The minimum atomic E-state index is 0.131. The first-order valence-electron chi connectivity index (χ1n) is 4.70. The van der Waals surface area contributed by atoms with Crippen LogP contribution in [0.1, 0.15) is 26.1 Å². The van der Waals surface area contributed by atoms with Crippen LogP contribution < -0.4 is 0 Å². The Morgan fingerprint density at radius 3 is 2.79 bits per heavy atom. The Morgan fingerprint density at radius 2 is 2.36 bits per heavy atom. The van der Waals surface area contributed by atoms with Crippen LogP contribution in [0.3, 0.4) is 0 Å². The maximum absolute atomic E-state index is 11.7. The maximum Gasteiger partial charge on any atom is 0.166 e. The molecule has 1 heterocycles. The Balaban J connectivity index is 2.71. The van der Waals surface area contributed by atoms with Crippen LogP contribution in [0.15, 0.2) is 18.0 Å². The van der Waals surface area contributed by atoms with Crippen molar-refractivity contribution in [3.8, 4) is 0 Å². The van der Waals surface area contributed by atoms with Gasteiger partial charge in [0.25, 0.3) is 0 Å². The van der Waals surface area contributed by atoms with Gasteiger partial charge in [-0.05, 0) is 18.9 Å². The monoisotopic (exact) mass is 193 g/mol. The molecule has 0 unspecified atom stereocenters. The molecule has 4 heteroatoms. The smallest absolute Gasteiger partial charge is 0.166 e. The Hall–Kier alpha value is -1.45. The van der Waals surface area contributed by atoms with Gasteiger partial charge in [-0.1, -0.05) is 13.0 Å². The van der Waals surface area contributed by atoms with Crippen molar-refractivity contribution < 1.29 is 4.79 Å². The summed E-state index contributed by atoms with van der Waals surface area (Å²) in [5, 5.41) is 3.91. The number of ketones is 1. The normalized spacial score (nSPS) is 11.8. The van der Waals surface area contributed by atoms with E-state index in [9.17, 15) is 4.79 Å². The Bertz CT molecular complexity index is 352. The molecule has 4 nitrogen and oxygen atoms in total. The molecule has 0 saturated heterocycles. The Morgan fingerprint density at radius 1 is 1.64 bits per heavy atom. The lowest BCUT2D eigenvalue weighted by Crippen LogP contribution is -2.10. The second kappa shape index (κ2) is 4.69. The van der Waals surface area contributed by atoms with Gasteiger partial charge in [-0.3, -0.25) is 9.48 Å². The van der Waals surface area contributed by atoms with Crippen molar-refractivity contribution in [2.45, 2.75) is 26.7 Å². The number of Topliss-reactive ketones (excluding diaryl/α,β-unsaturated/α-hetero) is 1. The van der Waals surface area contributed by atoms with E-state index in [1.54, 1.807) is 11.7 Å². The van der Waals surface area contributed by atoms with E-state index in [-0.39, 0.29) is 5.78 Å². The molecule has 0 spiro atoms. The first-order chi connectivity index (χ1) is 6.69. The number of rotatable bonds is 4. The molecule has 1 aromatic heterocycles. The number of carbonyl (C=O) groups is 1. The van der Waals surface area contributed by atoms with Gasteiger partial charge in [0.2, 0.25) is 0 Å². The summed E-state index contributed by atoms with van der Waals surface area (Å²) in [6.45, 7) is 3.86. The Kier molecular flexibility index (Phi) is 3.56. The van der Waals surface area contributed by atoms with E-state index >= 15 is 0 Å². The topological polar surface area (TPSA) is 47.8 Å². The van der Waals surface area contributed by atoms with Crippen molar-refractivity contribution in [2.24, 2.45) is 7.05 Å². The molecule has 76 valence electrons. The summed E-state index contributed by atoms with van der Waals surface area (Å²) >= 11 is 0. The highest BCUT2D eigenvalue weighted by Crippen LogP contribution is 2.06. The van der Waals surface area contributed by atoms with Gasteiger partial charge in [-0.15, -0.1) is 0 Å². The predicted octanol–water partition coefficient (Wildman–Crippen LogP) is 1.28. The molecule has 14 heavy (non-hydrogen) atoms. The zero-order valence-electron chi connectivity index (χ0n) is 8.82. The van der Waals surface area contributed by atoms with Crippen molar-refractivity contribution >= 4 is 5.78 Å². The molecule has 0 fully saturated rings. The van der Waals surface area contributed by atoms with E-state index in [2.05, 4.69) is 10.1 Å². The second-order valence-electron chi connectivity index (χ2n) is 3.07. The molecule has 0 aliphatic heterocycles. The van der Waals surface area contributed by atoms with Gasteiger partial charge >= 0.3 is 0 Å². The van der Waals surface area contributed by atoms with Gasteiger partial charge in [0.05, 0.1) is 6.42 Å². The largest absolute Gasteiger partial charge is 0.294 e. The molecule has 0 bridgehead atoms. The average molecular weight is 193 g/mol. The number of hydrogen-bond acceptors (Lipinski definition) is 3. The number of nitrogens with zero attached hydrogens (tertiary/aromatic N) is 3. The van der Waals surface area contributed by atoms with Gasteiger partial charge in [0.1, 0.15) is 12.2 Å². The summed E-state index contributed by atoms with van der Waals surface area (Å²) in [5.41, 5.74) is 0.855. The van der Waals surface area contributed by atoms with Crippen LogP contribution in [-0.4, -0.2) is 20.5 Å². The first kappa shape index (κ1) is 10.6. The highest BCUT2D eigenvalue weighted by molar-refractivity contribution is 5.96. The molecule has 0 aromatic carbocycles. The van der Waals surface area contributed by atoms with Crippen molar-refractivity contribution in [2.75, 3.05) is 0 Å². The lowest BCUT2D eigenvalue weighted by atomic mass is 10.1. The van der Waals surface area contributed by atoms with E-state index in [0.29, 0.717) is 12.2 Å². The van der Waals surface area contributed by atoms with Crippen molar-refractivity contribution in [3.05, 3.63) is 23.8 Å². The number of aryl methyl sites for hydroxylation is 1. The quantitative estimate of drug-likeness (QED) is 0.677. The molecule has 0 saturated carbocycles. The standard InChI is InChI=1S/C10H15N3O/c1-4-8(5-2)9(14)6-10-11-7-12-13(10)3/h4,7H,5-6H2,1-3H3. The summed E-state index contributed by atoms with van der Waals surface area (Å²) in [6, 6.07) is 0. The number of allylic oxidation sites excluding steroid dienone is 2. The minimum Gasteiger partial charge on any atom is -0.294 e. The summed E-state index contributed by atoms with van der Waals surface area (Å²) < 4.78 is 1.63. The second-order valence-corrected chi connectivity index (χ2v) is 3.07. The molecule has 0 amide bonds. The first-order valence-corrected chi connectivity index (χ1v) is 4.70. The number of aromatic nitrogens is 3. The fourth-order valence-corrected chi connectivity index (χ4v) is 1.30. The third-order valence-electron chi connectivity index (χ3n) is 2.21. The summed E-state index contributed by atoms with van der Waals surface area (Å²) in [5.74, 6) is 0.842. The maximum atomic E-state index is 11.7. The van der Waals surface area contributed by atoms with Crippen LogP contribution in [0.5, 0.6) is 0 Å². The highest BCUT2D eigenvalue weighted by Gasteiger charge is 2.10. The van der Waals surface area contributed by atoms with Crippen molar-refractivity contribution in [3.63, 3.8) is 0 Å². The molecule has 0 aliphatic carbocycles. The molecule has 0 radical (unpaired) electrons. The summed E-state index contributed by atoms with van der Waals surface area (Å²) in [4.78, 5) is 15.7. The molecular weight excluding hydrogens is 178 g/mol. The molecule has 1 rings (SSSR count). The van der Waals surface area contributed by atoms with Gasteiger partial charge < -0.3 is 0 Å². The zero-order chi connectivity index (χ0) is 10.6. The van der Waals surface area contributed by atoms with Gasteiger partial charge in [-0.25, -0.2) is 4.98 Å². The summed E-state index contributed by atoms with van der Waals surface area (Å²) in [7, 11) is 1.79. The summed E-state index contributed by atoms with van der Waals surface area (Å²) in [6.07, 6.45) is 4.43. The Labute approximate surface area is 83.6 Å². The van der Waals surface area contributed by atoms with Crippen LogP contribution >= 0.6 is 0 Å². The van der Waals surface area contributed by atoms with Gasteiger partial charge in [0, 0.05) is 7.05 Å². The SMILES string of the molecule is CC=C(CC)C(=O)Cc1ncnn1C. The number of carbonyl (C=O) groups excluding carboxylic acids is 1. The molecule has 0 aliphatic rings. The lowest BCUT2D eigenvalue weighted by Gasteiger charge is -2.02. The van der Waals surface area contributed by atoms with E-state index in [4.69, 9.17) is 0 Å².